The van der Waals surface area contributed by atoms with Crippen LogP contribution in [0.25, 0.3) is 0 Å². The largest absolute Gasteiger partial charge is 0.288 e. The lowest BCUT2D eigenvalue weighted by Crippen LogP contribution is -2.24. The molecule has 1 aromatic carbocycles. The predicted molar refractivity (Wildman–Crippen MR) is 83.8 cm³/mol. The lowest BCUT2D eigenvalue weighted by atomic mass is 10.2. The topological polar surface area (TPSA) is 3.24 Å². The smallest absolute Gasteiger partial charge is 0.0604 e. The van der Waals surface area contributed by atoms with E-state index in [1.165, 1.54) is 18.4 Å². The third-order valence-corrected chi connectivity index (χ3v) is 2.98. The van der Waals surface area contributed by atoms with Crippen LogP contribution in [0.5, 0.6) is 0 Å². The summed E-state index contributed by atoms with van der Waals surface area (Å²) in [4.78, 5) is 2.38. The molecule has 0 aromatic heterocycles. The third kappa shape index (κ3) is 7.49. The molecule has 0 fully saturated rings. The SMILES string of the molecule is C=CCCN(CC#CCCCC)Cc1ccccc1. The standard InChI is InChI=1S/C18H25N/c1-3-5-7-8-12-16-19(15-6-4-2)17-18-13-10-9-11-14-18/h4,9-11,13-14H,2-3,5-7,15-17H2,1H3. The van der Waals surface area contributed by atoms with Crippen molar-refractivity contribution in [3.63, 3.8) is 0 Å². The maximum Gasteiger partial charge on any atom is 0.0604 e. The Balaban J connectivity index is 2.46. The zero-order valence-corrected chi connectivity index (χ0v) is 12.1. The van der Waals surface area contributed by atoms with Crippen LogP contribution in [0.15, 0.2) is 43.0 Å². The Kier molecular flexibility index (Phi) is 8.51. The van der Waals surface area contributed by atoms with Crippen LogP contribution in [0.1, 0.15) is 38.2 Å². The van der Waals surface area contributed by atoms with Crippen LogP contribution in [-0.4, -0.2) is 18.0 Å². The van der Waals surface area contributed by atoms with Crippen molar-refractivity contribution in [2.45, 2.75) is 39.2 Å². The van der Waals surface area contributed by atoms with Gasteiger partial charge in [-0.15, -0.1) is 12.5 Å². The summed E-state index contributed by atoms with van der Waals surface area (Å²) in [6, 6.07) is 10.6. The highest BCUT2D eigenvalue weighted by Crippen LogP contribution is 2.04. The van der Waals surface area contributed by atoms with Gasteiger partial charge in [0.05, 0.1) is 6.54 Å². The molecule has 1 rings (SSSR count). The van der Waals surface area contributed by atoms with Crippen molar-refractivity contribution in [1.29, 1.82) is 0 Å². The number of hydrogen-bond donors (Lipinski definition) is 0. The highest BCUT2D eigenvalue weighted by molar-refractivity contribution is 5.15. The number of benzene rings is 1. The van der Waals surface area contributed by atoms with Gasteiger partial charge in [-0.05, 0) is 18.4 Å². The molecule has 0 aliphatic rings. The van der Waals surface area contributed by atoms with Crippen LogP contribution in [0.2, 0.25) is 0 Å². The molecule has 19 heavy (non-hydrogen) atoms. The molecule has 1 nitrogen and oxygen atoms in total. The fourth-order valence-corrected chi connectivity index (χ4v) is 1.85. The average Bonchev–Trinajstić information content (AvgIpc) is 2.45. The Bertz CT molecular complexity index is 397. The van der Waals surface area contributed by atoms with Crippen LogP contribution in [0.3, 0.4) is 0 Å². The molecule has 0 amide bonds. The second-order valence-corrected chi connectivity index (χ2v) is 4.73. The van der Waals surface area contributed by atoms with E-state index in [1.54, 1.807) is 0 Å². The van der Waals surface area contributed by atoms with Crippen LogP contribution in [-0.2, 0) is 6.54 Å². The summed E-state index contributed by atoms with van der Waals surface area (Å²) in [6.45, 7) is 8.85. The van der Waals surface area contributed by atoms with Gasteiger partial charge in [0.2, 0.25) is 0 Å². The molecule has 0 N–H and O–H groups in total. The summed E-state index contributed by atoms with van der Waals surface area (Å²) < 4.78 is 0. The Morgan fingerprint density at radius 3 is 2.68 bits per heavy atom. The summed E-state index contributed by atoms with van der Waals surface area (Å²) in [5.74, 6) is 6.55. The van der Waals surface area contributed by atoms with Crippen LogP contribution >= 0.6 is 0 Å². The van der Waals surface area contributed by atoms with Crippen molar-refractivity contribution in [2.75, 3.05) is 13.1 Å². The summed E-state index contributed by atoms with van der Waals surface area (Å²) >= 11 is 0. The van der Waals surface area contributed by atoms with Crippen molar-refractivity contribution < 1.29 is 0 Å². The average molecular weight is 255 g/mol. The van der Waals surface area contributed by atoms with E-state index in [0.29, 0.717) is 0 Å². The lowest BCUT2D eigenvalue weighted by molar-refractivity contribution is 0.305. The van der Waals surface area contributed by atoms with E-state index in [1.807, 2.05) is 6.08 Å². The molecule has 102 valence electrons. The molecule has 0 unspecified atom stereocenters. The monoisotopic (exact) mass is 255 g/mol. The maximum atomic E-state index is 3.80. The Morgan fingerprint density at radius 1 is 1.21 bits per heavy atom. The molecular formula is C18H25N. The molecule has 1 heteroatoms. The van der Waals surface area contributed by atoms with Crippen molar-refractivity contribution in [1.82, 2.24) is 4.90 Å². The number of nitrogens with zero attached hydrogens (tertiary/aromatic N) is 1. The van der Waals surface area contributed by atoms with Gasteiger partial charge in [-0.2, -0.15) is 0 Å². The molecule has 1 aromatic rings. The molecule has 0 saturated carbocycles. The van der Waals surface area contributed by atoms with Crippen molar-refractivity contribution >= 4 is 0 Å². The van der Waals surface area contributed by atoms with Gasteiger partial charge in [-0.3, -0.25) is 4.90 Å². The van der Waals surface area contributed by atoms with Gasteiger partial charge in [-0.1, -0.05) is 55.7 Å². The molecule has 0 saturated heterocycles. The molecule has 0 heterocycles. The van der Waals surface area contributed by atoms with Gasteiger partial charge in [-0.25, -0.2) is 0 Å². The van der Waals surface area contributed by atoms with E-state index in [2.05, 4.69) is 60.6 Å². The van der Waals surface area contributed by atoms with E-state index < -0.39 is 0 Å². The van der Waals surface area contributed by atoms with E-state index in [9.17, 15) is 0 Å². The maximum absolute atomic E-state index is 3.80. The second-order valence-electron chi connectivity index (χ2n) is 4.73. The lowest BCUT2D eigenvalue weighted by Gasteiger charge is -2.18. The van der Waals surface area contributed by atoms with Crippen LogP contribution in [0, 0.1) is 11.8 Å². The normalized spacial score (nSPS) is 10.0. The first kappa shape index (κ1) is 15.5. The molecule has 0 aliphatic carbocycles. The minimum absolute atomic E-state index is 0.854. The molecule has 0 bridgehead atoms. The summed E-state index contributed by atoms with van der Waals surface area (Å²) in [6.07, 6.45) is 6.44. The fourth-order valence-electron chi connectivity index (χ4n) is 1.85. The Hall–Kier alpha value is -1.52. The zero-order valence-electron chi connectivity index (χ0n) is 12.1. The highest BCUT2D eigenvalue weighted by atomic mass is 15.1. The first-order valence-electron chi connectivity index (χ1n) is 7.19. The molecule has 0 radical (unpaired) electrons. The summed E-state index contributed by atoms with van der Waals surface area (Å²) in [5.41, 5.74) is 1.35. The number of rotatable bonds is 8. The van der Waals surface area contributed by atoms with E-state index in [0.717, 1.165) is 32.5 Å². The van der Waals surface area contributed by atoms with E-state index in [-0.39, 0.29) is 0 Å². The predicted octanol–water partition coefficient (Wildman–Crippen LogP) is 4.26. The minimum atomic E-state index is 0.854. The summed E-state index contributed by atoms with van der Waals surface area (Å²) in [5, 5.41) is 0. The quantitative estimate of drug-likeness (QED) is 0.381. The van der Waals surface area contributed by atoms with Gasteiger partial charge in [0.15, 0.2) is 0 Å². The van der Waals surface area contributed by atoms with E-state index >= 15 is 0 Å². The number of hydrogen-bond acceptors (Lipinski definition) is 1. The first-order valence-corrected chi connectivity index (χ1v) is 7.19. The summed E-state index contributed by atoms with van der Waals surface area (Å²) in [7, 11) is 0. The van der Waals surface area contributed by atoms with Crippen molar-refractivity contribution in [3.05, 3.63) is 48.6 Å². The molecule has 0 spiro atoms. The van der Waals surface area contributed by atoms with Crippen LogP contribution in [0.4, 0.5) is 0 Å². The third-order valence-electron chi connectivity index (χ3n) is 2.98. The van der Waals surface area contributed by atoms with Crippen molar-refractivity contribution in [2.24, 2.45) is 0 Å². The first-order chi connectivity index (χ1) is 9.36. The fraction of sp³-hybridized carbons (Fsp3) is 0.444. The van der Waals surface area contributed by atoms with Gasteiger partial charge >= 0.3 is 0 Å². The second kappa shape index (κ2) is 10.4. The highest BCUT2D eigenvalue weighted by Gasteiger charge is 2.02. The molecule has 0 aliphatic heterocycles. The molecular weight excluding hydrogens is 230 g/mol. The Labute approximate surface area is 118 Å². The minimum Gasteiger partial charge on any atom is -0.288 e. The van der Waals surface area contributed by atoms with Gasteiger partial charge < -0.3 is 0 Å². The molecule has 0 atom stereocenters. The van der Waals surface area contributed by atoms with Crippen LogP contribution < -0.4 is 0 Å². The van der Waals surface area contributed by atoms with Gasteiger partial charge in [0.1, 0.15) is 0 Å². The number of unbranched alkanes of at least 4 members (excludes halogenated alkanes) is 2. The zero-order chi connectivity index (χ0) is 13.8. The van der Waals surface area contributed by atoms with Gasteiger partial charge in [0, 0.05) is 19.5 Å². The Morgan fingerprint density at radius 2 is 2.00 bits per heavy atom. The van der Waals surface area contributed by atoms with Crippen molar-refractivity contribution in [3.8, 4) is 11.8 Å². The van der Waals surface area contributed by atoms with E-state index in [4.69, 9.17) is 0 Å². The van der Waals surface area contributed by atoms with Gasteiger partial charge in [0.25, 0.3) is 0 Å².